The lowest BCUT2D eigenvalue weighted by molar-refractivity contribution is -0.137. The van der Waals surface area contributed by atoms with Gasteiger partial charge in [0.05, 0.1) is 15.5 Å². The summed E-state index contributed by atoms with van der Waals surface area (Å²) in [5.41, 5.74) is 1.13. The van der Waals surface area contributed by atoms with E-state index in [1.165, 1.54) is 24.3 Å². The highest BCUT2D eigenvalue weighted by Crippen LogP contribution is 2.32. The molecule has 4 rings (SSSR count). The van der Waals surface area contributed by atoms with Gasteiger partial charge in [-0.25, -0.2) is 8.42 Å². The summed E-state index contributed by atoms with van der Waals surface area (Å²) in [7, 11) is -3.89. The molecule has 0 atom stereocenters. The Hall–Kier alpha value is -3.44. The molecule has 1 N–H and O–H groups in total. The standard InChI is InChI=1S/C26H25ClF3N3O4S/c1-18-5-7-20(8-6-18)31-38(35,36)22-9-10-24(23(27)16-22)37-17-25(34)33-13-11-32(12-14-33)21-4-2-3-19(15-21)26(28,29)30/h2-10,15-16,31H,11-14,17H2,1H3. The Morgan fingerprint density at radius 3 is 2.32 bits per heavy atom. The highest BCUT2D eigenvalue weighted by Gasteiger charge is 2.31. The van der Waals surface area contributed by atoms with Crippen LogP contribution in [0.2, 0.25) is 5.02 Å². The zero-order valence-electron chi connectivity index (χ0n) is 20.3. The second kappa shape index (κ2) is 11.1. The van der Waals surface area contributed by atoms with Crippen molar-refractivity contribution in [1.82, 2.24) is 4.90 Å². The van der Waals surface area contributed by atoms with E-state index in [0.29, 0.717) is 37.6 Å². The van der Waals surface area contributed by atoms with Crippen molar-refractivity contribution in [2.75, 3.05) is 42.4 Å². The van der Waals surface area contributed by atoms with Crippen LogP contribution in [0.3, 0.4) is 0 Å². The van der Waals surface area contributed by atoms with Crippen LogP contribution in [-0.4, -0.2) is 52.0 Å². The number of ether oxygens (including phenoxy) is 1. The predicted molar refractivity (Wildman–Crippen MR) is 139 cm³/mol. The van der Waals surface area contributed by atoms with Gasteiger partial charge in [-0.05, 0) is 55.5 Å². The number of halogens is 4. The summed E-state index contributed by atoms with van der Waals surface area (Å²) in [5.74, 6) is -0.167. The SMILES string of the molecule is Cc1ccc(NS(=O)(=O)c2ccc(OCC(=O)N3CCN(c4cccc(C(F)(F)F)c4)CC3)c(Cl)c2)cc1. The van der Waals surface area contributed by atoms with E-state index in [0.717, 1.165) is 17.7 Å². The molecule has 1 aliphatic rings. The zero-order valence-corrected chi connectivity index (χ0v) is 21.9. The van der Waals surface area contributed by atoms with E-state index in [4.69, 9.17) is 16.3 Å². The molecule has 3 aromatic carbocycles. The third-order valence-corrected chi connectivity index (χ3v) is 7.71. The maximum atomic E-state index is 13.0. The maximum Gasteiger partial charge on any atom is 0.416 e. The van der Waals surface area contributed by atoms with Gasteiger partial charge in [-0.2, -0.15) is 13.2 Å². The Morgan fingerprint density at radius 1 is 1.00 bits per heavy atom. The number of hydrogen-bond donors (Lipinski definition) is 1. The van der Waals surface area contributed by atoms with E-state index in [-0.39, 0.29) is 28.2 Å². The quantitative estimate of drug-likeness (QED) is 0.425. The zero-order chi connectivity index (χ0) is 27.5. The number of benzene rings is 3. The molecule has 1 saturated heterocycles. The molecule has 1 amide bonds. The van der Waals surface area contributed by atoms with Crippen molar-refractivity contribution in [3.63, 3.8) is 0 Å². The molecule has 0 radical (unpaired) electrons. The topological polar surface area (TPSA) is 78.9 Å². The van der Waals surface area contributed by atoms with Crippen molar-refractivity contribution in [2.24, 2.45) is 0 Å². The predicted octanol–water partition coefficient (Wildman–Crippen LogP) is 5.20. The average Bonchev–Trinajstić information content (AvgIpc) is 2.88. The number of sulfonamides is 1. The summed E-state index contributed by atoms with van der Waals surface area (Å²) in [6, 6.07) is 15.9. The Bertz CT molecular complexity index is 1410. The maximum absolute atomic E-state index is 13.0. The first-order chi connectivity index (χ1) is 17.9. The number of aryl methyl sites for hydroxylation is 1. The van der Waals surface area contributed by atoms with Crippen LogP contribution in [0.4, 0.5) is 24.5 Å². The van der Waals surface area contributed by atoms with Crippen molar-refractivity contribution in [3.05, 3.63) is 82.9 Å². The highest BCUT2D eigenvalue weighted by atomic mass is 35.5. The first kappa shape index (κ1) is 27.6. The van der Waals surface area contributed by atoms with Gasteiger partial charge >= 0.3 is 6.18 Å². The normalized spacial score (nSPS) is 14.3. The van der Waals surface area contributed by atoms with Gasteiger partial charge in [0.1, 0.15) is 5.75 Å². The first-order valence-electron chi connectivity index (χ1n) is 11.6. The summed E-state index contributed by atoms with van der Waals surface area (Å²) >= 11 is 6.23. The van der Waals surface area contributed by atoms with Crippen LogP contribution in [0, 0.1) is 6.92 Å². The lowest BCUT2D eigenvalue weighted by Gasteiger charge is -2.36. The fourth-order valence-electron chi connectivity index (χ4n) is 3.93. The number of carbonyl (C=O) groups excluding carboxylic acids is 1. The number of nitrogens with one attached hydrogen (secondary N) is 1. The monoisotopic (exact) mass is 567 g/mol. The third kappa shape index (κ3) is 6.70. The highest BCUT2D eigenvalue weighted by molar-refractivity contribution is 7.92. The van der Waals surface area contributed by atoms with E-state index < -0.39 is 21.8 Å². The van der Waals surface area contributed by atoms with Crippen molar-refractivity contribution < 1.29 is 31.1 Å². The number of alkyl halides is 3. The summed E-state index contributed by atoms with van der Waals surface area (Å²) in [5, 5.41) is 0.0268. The van der Waals surface area contributed by atoms with Gasteiger partial charge in [0.2, 0.25) is 0 Å². The summed E-state index contributed by atoms with van der Waals surface area (Å²) < 4.78 is 72.4. The molecule has 0 bridgehead atoms. The molecule has 202 valence electrons. The van der Waals surface area contributed by atoms with Crippen molar-refractivity contribution in [2.45, 2.75) is 18.0 Å². The van der Waals surface area contributed by atoms with Crippen LogP contribution >= 0.6 is 11.6 Å². The van der Waals surface area contributed by atoms with Crippen LogP contribution in [-0.2, 0) is 21.0 Å². The molecule has 7 nitrogen and oxygen atoms in total. The molecular weight excluding hydrogens is 543 g/mol. The molecule has 12 heteroatoms. The number of hydrogen-bond acceptors (Lipinski definition) is 5. The Morgan fingerprint density at radius 2 is 1.68 bits per heavy atom. The smallest absolute Gasteiger partial charge is 0.416 e. The number of amides is 1. The molecule has 0 saturated carbocycles. The number of carbonyl (C=O) groups is 1. The van der Waals surface area contributed by atoms with Gasteiger partial charge < -0.3 is 14.5 Å². The minimum atomic E-state index is -4.42. The molecule has 1 fully saturated rings. The van der Waals surface area contributed by atoms with Gasteiger partial charge in [0, 0.05) is 37.6 Å². The van der Waals surface area contributed by atoms with E-state index in [9.17, 15) is 26.4 Å². The fraction of sp³-hybridized carbons (Fsp3) is 0.269. The molecule has 1 heterocycles. The minimum Gasteiger partial charge on any atom is -0.482 e. The van der Waals surface area contributed by atoms with E-state index in [1.54, 1.807) is 40.1 Å². The largest absolute Gasteiger partial charge is 0.482 e. The second-order valence-corrected chi connectivity index (χ2v) is 10.9. The number of nitrogens with zero attached hydrogens (tertiary/aromatic N) is 2. The van der Waals surface area contributed by atoms with Crippen LogP contribution in [0.15, 0.2) is 71.6 Å². The Kier molecular flexibility index (Phi) is 8.08. The Labute approximate surface area is 223 Å². The third-order valence-electron chi connectivity index (χ3n) is 6.04. The summed E-state index contributed by atoms with van der Waals surface area (Å²) in [4.78, 5) is 15.9. The molecule has 0 unspecified atom stereocenters. The van der Waals surface area contributed by atoms with Crippen LogP contribution in [0.25, 0.3) is 0 Å². The van der Waals surface area contributed by atoms with Gasteiger partial charge in [0.15, 0.2) is 6.61 Å². The number of piperazine rings is 1. The molecule has 3 aromatic rings. The number of anilines is 2. The van der Waals surface area contributed by atoms with Crippen molar-refractivity contribution in [1.29, 1.82) is 0 Å². The van der Waals surface area contributed by atoms with Crippen LogP contribution < -0.4 is 14.4 Å². The van der Waals surface area contributed by atoms with E-state index >= 15 is 0 Å². The van der Waals surface area contributed by atoms with E-state index in [1.807, 2.05) is 6.92 Å². The number of rotatable bonds is 7. The molecule has 38 heavy (non-hydrogen) atoms. The molecule has 0 aliphatic carbocycles. The van der Waals surface area contributed by atoms with Gasteiger partial charge in [-0.15, -0.1) is 0 Å². The lowest BCUT2D eigenvalue weighted by atomic mass is 10.1. The molecule has 0 aromatic heterocycles. The van der Waals surface area contributed by atoms with Gasteiger partial charge in [-0.1, -0.05) is 35.4 Å². The fourth-order valence-corrected chi connectivity index (χ4v) is 5.31. The summed E-state index contributed by atoms with van der Waals surface area (Å²) in [6.45, 7) is 2.93. The van der Waals surface area contributed by atoms with E-state index in [2.05, 4.69) is 4.72 Å². The molecular formula is C26H25ClF3N3O4S. The average molecular weight is 568 g/mol. The lowest BCUT2D eigenvalue weighted by Crippen LogP contribution is -2.50. The molecule has 0 spiro atoms. The minimum absolute atomic E-state index is 0.0268. The van der Waals surface area contributed by atoms with Crippen molar-refractivity contribution in [3.8, 4) is 5.75 Å². The van der Waals surface area contributed by atoms with Crippen LogP contribution in [0.1, 0.15) is 11.1 Å². The second-order valence-electron chi connectivity index (χ2n) is 8.77. The van der Waals surface area contributed by atoms with Crippen LogP contribution in [0.5, 0.6) is 5.75 Å². The summed E-state index contributed by atoms with van der Waals surface area (Å²) in [6.07, 6.45) is -4.42. The first-order valence-corrected chi connectivity index (χ1v) is 13.5. The van der Waals surface area contributed by atoms with Crippen molar-refractivity contribution >= 4 is 38.9 Å². The Balaban J connectivity index is 1.31. The van der Waals surface area contributed by atoms with Gasteiger partial charge in [0.25, 0.3) is 15.9 Å². The van der Waals surface area contributed by atoms with Gasteiger partial charge in [-0.3, -0.25) is 9.52 Å². The molecule has 1 aliphatic heterocycles.